The Morgan fingerprint density at radius 3 is 2.61 bits per heavy atom. The highest BCUT2D eigenvalue weighted by Gasteiger charge is 2.32. The molecule has 0 amide bonds. The summed E-state index contributed by atoms with van der Waals surface area (Å²) in [5.41, 5.74) is -0.990. The first kappa shape index (κ1) is 15.0. The van der Waals surface area contributed by atoms with Gasteiger partial charge in [0, 0.05) is 4.47 Å². The highest BCUT2D eigenvalue weighted by molar-refractivity contribution is 9.10. The predicted octanol–water partition coefficient (Wildman–Crippen LogP) is 3.81. The van der Waals surface area contributed by atoms with E-state index < -0.39 is 5.60 Å². The van der Waals surface area contributed by atoms with E-state index in [1.54, 1.807) is 13.8 Å². The summed E-state index contributed by atoms with van der Waals surface area (Å²) in [4.78, 5) is 11.9. The van der Waals surface area contributed by atoms with E-state index in [4.69, 9.17) is 9.47 Å². The largest absolute Gasteiger partial charge is 0.476 e. The third-order valence-electron chi connectivity index (χ3n) is 2.21. The zero-order valence-electron chi connectivity index (χ0n) is 11.2. The van der Waals surface area contributed by atoms with Gasteiger partial charge in [-0.3, -0.25) is 0 Å². The Morgan fingerprint density at radius 1 is 1.39 bits per heavy atom. The normalized spacial score (nSPS) is 11.4. The highest BCUT2D eigenvalue weighted by atomic mass is 79.9. The maximum Gasteiger partial charge on any atom is 0.349 e. The van der Waals surface area contributed by atoms with Crippen LogP contribution < -0.4 is 4.74 Å². The third-order valence-corrected chi connectivity index (χ3v) is 2.70. The first-order valence-electron chi connectivity index (χ1n) is 5.93. The van der Waals surface area contributed by atoms with E-state index in [0.29, 0.717) is 18.3 Å². The second kappa shape index (κ2) is 6.23. The molecule has 0 saturated carbocycles. The SMILES string of the molecule is CC(C)COC(=O)C(C)(C)Oc1cccc(Br)c1. The van der Waals surface area contributed by atoms with Crippen molar-refractivity contribution < 1.29 is 14.3 Å². The van der Waals surface area contributed by atoms with Crippen molar-refractivity contribution in [3.63, 3.8) is 0 Å². The maximum absolute atomic E-state index is 11.9. The summed E-state index contributed by atoms with van der Waals surface area (Å²) in [6, 6.07) is 7.38. The van der Waals surface area contributed by atoms with Crippen LogP contribution in [0, 0.1) is 5.92 Å². The summed E-state index contributed by atoms with van der Waals surface area (Å²) in [5, 5.41) is 0. The summed E-state index contributed by atoms with van der Waals surface area (Å²) in [6.07, 6.45) is 0. The second-order valence-corrected chi connectivity index (χ2v) is 5.98. The number of esters is 1. The molecule has 0 saturated heterocycles. The molecule has 0 aliphatic rings. The number of ether oxygens (including phenoxy) is 2. The Balaban J connectivity index is 2.66. The molecule has 0 bridgehead atoms. The number of halogens is 1. The fourth-order valence-corrected chi connectivity index (χ4v) is 1.66. The van der Waals surface area contributed by atoms with Crippen LogP contribution in [-0.4, -0.2) is 18.2 Å². The second-order valence-electron chi connectivity index (χ2n) is 5.06. The van der Waals surface area contributed by atoms with Crippen molar-refractivity contribution in [2.45, 2.75) is 33.3 Å². The fraction of sp³-hybridized carbons (Fsp3) is 0.500. The number of hydrogen-bond acceptors (Lipinski definition) is 3. The molecule has 0 atom stereocenters. The van der Waals surface area contributed by atoms with Crippen LogP contribution in [0.3, 0.4) is 0 Å². The van der Waals surface area contributed by atoms with Crippen molar-refractivity contribution in [3.8, 4) is 5.75 Å². The molecule has 0 aliphatic carbocycles. The summed E-state index contributed by atoms with van der Waals surface area (Å²) in [5.74, 6) is 0.600. The van der Waals surface area contributed by atoms with E-state index in [2.05, 4.69) is 15.9 Å². The Hall–Kier alpha value is -1.03. The molecule has 0 aliphatic heterocycles. The van der Waals surface area contributed by atoms with Gasteiger partial charge in [-0.1, -0.05) is 35.8 Å². The minimum atomic E-state index is -0.990. The zero-order valence-corrected chi connectivity index (χ0v) is 12.8. The molecule has 4 heteroatoms. The molecule has 0 fully saturated rings. The van der Waals surface area contributed by atoms with Gasteiger partial charge in [-0.15, -0.1) is 0 Å². The molecular formula is C14H19BrO3. The summed E-state index contributed by atoms with van der Waals surface area (Å²) < 4.78 is 11.8. The van der Waals surface area contributed by atoms with Crippen molar-refractivity contribution in [2.24, 2.45) is 5.92 Å². The zero-order chi connectivity index (χ0) is 13.8. The van der Waals surface area contributed by atoms with Crippen LogP contribution in [0.25, 0.3) is 0 Å². The number of carbonyl (C=O) groups is 1. The van der Waals surface area contributed by atoms with E-state index in [1.807, 2.05) is 38.1 Å². The van der Waals surface area contributed by atoms with Crippen LogP contribution in [-0.2, 0) is 9.53 Å². The van der Waals surface area contributed by atoms with Crippen molar-refractivity contribution in [3.05, 3.63) is 28.7 Å². The van der Waals surface area contributed by atoms with Crippen molar-refractivity contribution in [1.82, 2.24) is 0 Å². The van der Waals surface area contributed by atoms with Gasteiger partial charge in [0.25, 0.3) is 0 Å². The third kappa shape index (κ3) is 4.69. The first-order chi connectivity index (χ1) is 8.31. The number of benzene rings is 1. The quantitative estimate of drug-likeness (QED) is 0.775. The fourth-order valence-electron chi connectivity index (χ4n) is 1.28. The monoisotopic (exact) mass is 314 g/mol. The number of carbonyl (C=O) groups excluding carboxylic acids is 1. The molecule has 0 aromatic heterocycles. The Bertz CT molecular complexity index is 413. The van der Waals surface area contributed by atoms with E-state index in [0.717, 1.165) is 4.47 Å². The molecule has 0 unspecified atom stereocenters. The Kier molecular flexibility index (Phi) is 5.20. The smallest absolute Gasteiger partial charge is 0.349 e. The van der Waals surface area contributed by atoms with Gasteiger partial charge in [0.1, 0.15) is 5.75 Å². The van der Waals surface area contributed by atoms with Crippen LogP contribution in [0.2, 0.25) is 0 Å². The van der Waals surface area contributed by atoms with Gasteiger partial charge < -0.3 is 9.47 Å². The lowest BCUT2D eigenvalue weighted by atomic mass is 10.1. The number of rotatable bonds is 5. The maximum atomic E-state index is 11.9. The topological polar surface area (TPSA) is 35.5 Å². The number of hydrogen-bond donors (Lipinski definition) is 0. The minimum Gasteiger partial charge on any atom is -0.476 e. The molecule has 3 nitrogen and oxygen atoms in total. The summed E-state index contributed by atoms with van der Waals surface area (Å²) in [7, 11) is 0. The van der Waals surface area contributed by atoms with Gasteiger partial charge in [0.2, 0.25) is 0 Å². The standard InChI is InChI=1S/C14H19BrO3/c1-10(2)9-17-13(16)14(3,4)18-12-7-5-6-11(15)8-12/h5-8,10H,9H2,1-4H3. The van der Waals surface area contributed by atoms with Crippen molar-refractivity contribution in [1.29, 1.82) is 0 Å². The molecule has 1 aromatic rings. The van der Waals surface area contributed by atoms with Crippen LogP contribution in [0.5, 0.6) is 5.75 Å². The molecule has 0 spiro atoms. The van der Waals surface area contributed by atoms with Gasteiger partial charge >= 0.3 is 5.97 Å². The molecule has 0 heterocycles. The van der Waals surface area contributed by atoms with Crippen LogP contribution in [0.1, 0.15) is 27.7 Å². The first-order valence-corrected chi connectivity index (χ1v) is 6.72. The molecule has 1 aromatic carbocycles. The average Bonchev–Trinajstić information content (AvgIpc) is 2.25. The summed E-state index contributed by atoms with van der Waals surface area (Å²) in [6.45, 7) is 7.81. The van der Waals surface area contributed by atoms with Gasteiger partial charge in [0.15, 0.2) is 5.60 Å². The Morgan fingerprint density at radius 2 is 2.06 bits per heavy atom. The molecule has 0 radical (unpaired) electrons. The van der Waals surface area contributed by atoms with Crippen molar-refractivity contribution >= 4 is 21.9 Å². The van der Waals surface area contributed by atoms with Crippen LogP contribution in [0.15, 0.2) is 28.7 Å². The van der Waals surface area contributed by atoms with Crippen LogP contribution >= 0.6 is 15.9 Å². The minimum absolute atomic E-state index is 0.315. The molecule has 0 N–H and O–H groups in total. The van der Waals surface area contributed by atoms with E-state index >= 15 is 0 Å². The molecule has 100 valence electrons. The van der Waals surface area contributed by atoms with Crippen molar-refractivity contribution in [2.75, 3.05) is 6.61 Å². The van der Waals surface area contributed by atoms with E-state index in [-0.39, 0.29) is 5.97 Å². The molecule has 18 heavy (non-hydrogen) atoms. The lowest BCUT2D eigenvalue weighted by molar-refractivity contribution is -0.160. The van der Waals surface area contributed by atoms with Gasteiger partial charge in [-0.2, -0.15) is 0 Å². The molecule has 1 rings (SSSR count). The van der Waals surface area contributed by atoms with Gasteiger partial charge in [-0.05, 0) is 38.0 Å². The molecular weight excluding hydrogens is 296 g/mol. The van der Waals surface area contributed by atoms with Gasteiger partial charge in [0.05, 0.1) is 6.61 Å². The van der Waals surface area contributed by atoms with E-state index in [1.165, 1.54) is 0 Å². The highest BCUT2D eigenvalue weighted by Crippen LogP contribution is 2.23. The lowest BCUT2D eigenvalue weighted by Gasteiger charge is -2.24. The van der Waals surface area contributed by atoms with E-state index in [9.17, 15) is 4.79 Å². The Labute approximate surface area is 117 Å². The predicted molar refractivity (Wildman–Crippen MR) is 74.6 cm³/mol. The summed E-state index contributed by atoms with van der Waals surface area (Å²) >= 11 is 3.36. The van der Waals surface area contributed by atoms with Crippen LogP contribution in [0.4, 0.5) is 0 Å². The average molecular weight is 315 g/mol. The van der Waals surface area contributed by atoms with Gasteiger partial charge in [-0.25, -0.2) is 4.79 Å². The lowest BCUT2D eigenvalue weighted by Crippen LogP contribution is -2.40.